The van der Waals surface area contributed by atoms with Gasteiger partial charge in [-0.1, -0.05) is 25.0 Å². The quantitative estimate of drug-likeness (QED) is 0.893. The van der Waals surface area contributed by atoms with Crippen LogP contribution in [0.25, 0.3) is 0 Å². The second-order valence-electron chi connectivity index (χ2n) is 5.87. The summed E-state index contributed by atoms with van der Waals surface area (Å²) in [7, 11) is 0. The van der Waals surface area contributed by atoms with Crippen molar-refractivity contribution in [1.29, 1.82) is 0 Å². The van der Waals surface area contributed by atoms with Crippen molar-refractivity contribution >= 4 is 17.3 Å². The molecule has 3 rings (SSSR count). The first-order chi connectivity index (χ1) is 10.6. The van der Waals surface area contributed by atoms with Gasteiger partial charge in [-0.25, -0.2) is 4.39 Å². The van der Waals surface area contributed by atoms with Gasteiger partial charge in [0.2, 0.25) is 0 Å². The van der Waals surface area contributed by atoms with Crippen LogP contribution in [0.5, 0.6) is 0 Å². The van der Waals surface area contributed by atoms with Crippen molar-refractivity contribution in [2.45, 2.75) is 31.6 Å². The number of anilines is 1. The van der Waals surface area contributed by atoms with Gasteiger partial charge in [0.05, 0.1) is 5.56 Å². The van der Waals surface area contributed by atoms with Gasteiger partial charge in [0.1, 0.15) is 11.5 Å². The van der Waals surface area contributed by atoms with Crippen LogP contribution in [-0.4, -0.2) is 5.91 Å². The molecule has 0 aromatic heterocycles. The molecule has 0 saturated heterocycles. The maximum Gasteiger partial charge on any atom is 0.258 e. The van der Waals surface area contributed by atoms with E-state index in [4.69, 9.17) is 0 Å². The summed E-state index contributed by atoms with van der Waals surface area (Å²) in [5.41, 5.74) is 6.36. The van der Waals surface area contributed by atoms with Crippen LogP contribution in [0.3, 0.4) is 0 Å². The Balaban J connectivity index is 1.72. The maximum absolute atomic E-state index is 13.7. The number of amides is 1. The topological polar surface area (TPSA) is 56.7 Å². The first kappa shape index (κ1) is 14.7. The van der Waals surface area contributed by atoms with Crippen LogP contribution < -0.4 is 11.1 Å². The molecule has 22 heavy (non-hydrogen) atoms. The van der Waals surface area contributed by atoms with E-state index in [9.17, 15) is 9.18 Å². The molecule has 114 valence electrons. The molecule has 1 aliphatic carbocycles. The fraction of sp³-hybridized carbons (Fsp3) is 0.278. The Morgan fingerprint density at radius 2 is 1.77 bits per heavy atom. The molecule has 4 heteroatoms. The second kappa shape index (κ2) is 6.28. The van der Waals surface area contributed by atoms with Crippen LogP contribution in [0.2, 0.25) is 0 Å². The predicted octanol–water partition coefficient (Wildman–Crippen LogP) is 3.61. The normalized spacial score (nSPS) is 15.0. The summed E-state index contributed by atoms with van der Waals surface area (Å²) in [5, 5.41) is 2.74. The summed E-state index contributed by atoms with van der Waals surface area (Å²) in [5.74, 6) is -0.339. The summed E-state index contributed by atoms with van der Waals surface area (Å²) < 4.78 is 13.7. The van der Waals surface area contributed by atoms with E-state index in [-0.39, 0.29) is 5.56 Å². The first-order valence-electron chi connectivity index (χ1n) is 7.66. The van der Waals surface area contributed by atoms with Crippen molar-refractivity contribution < 1.29 is 14.9 Å². The largest absolute Gasteiger partial charge is 0.325 e. The van der Waals surface area contributed by atoms with E-state index in [1.807, 2.05) is 12.1 Å². The highest BCUT2D eigenvalue weighted by Gasteiger charge is 2.17. The Morgan fingerprint density at radius 1 is 1.09 bits per heavy atom. The van der Waals surface area contributed by atoms with Crippen LogP contribution in [-0.2, 0) is 0 Å². The third-order valence-corrected chi connectivity index (χ3v) is 4.27. The number of benzene rings is 2. The van der Waals surface area contributed by atoms with Crippen molar-refractivity contribution in [3.8, 4) is 0 Å². The van der Waals surface area contributed by atoms with Crippen LogP contribution in [0.15, 0.2) is 42.5 Å². The minimum Gasteiger partial charge on any atom is -0.325 e. The number of carbonyl (C=O) groups excluding carboxylic acids is 1. The lowest BCUT2D eigenvalue weighted by atomic mass is 9.97. The lowest BCUT2D eigenvalue weighted by Crippen LogP contribution is -2.40. The average Bonchev–Trinajstić information content (AvgIpc) is 3.05. The Hall–Kier alpha value is -2.20. The van der Waals surface area contributed by atoms with Crippen molar-refractivity contribution in [2.75, 3.05) is 5.32 Å². The molecule has 0 aliphatic heterocycles. The summed E-state index contributed by atoms with van der Waals surface area (Å²) in [4.78, 5) is 12.1. The van der Waals surface area contributed by atoms with Gasteiger partial charge in [0.25, 0.3) is 5.91 Å². The molecule has 0 bridgehead atoms. The van der Waals surface area contributed by atoms with Crippen molar-refractivity contribution in [3.63, 3.8) is 0 Å². The average molecular weight is 299 g/mol. The standard InChI is InChI=1S/C18H19FN2O/c19-17-10-7-14(20)11-16(17)18(22)21-15-8-5-13(6-9-15)12-3-1-2-4-12/h5-12H,1-4,20H2,(H,21,22)/p+1. The molecule has 0 unspecified atom stereocenters. The van der Waals surface area contributed by atoms with Crippen LogP contribution >= 0.6 is 0 Å². The molecule has 1 amide bonds. The van der Waals surface area contributed by atoms with E-state index >= 15 is 0 Å². The molecule has 2 aromatic rings. The molecular weight excluding hydrogens is 279 g/mol. The van der Waals surface area contributed by atoms with E-state index < -0.39 is 11.7 Å². The molecule has 1 fully saturated rings. The molecule has 0 spiro atoms. The zero-order valence-corrected chi connectivity index (χ0v) is 12.4. The molecule has 3 nitrogen and oxygen atoms in total. The molecule has 2 aromatic carbocycles. The van der Waals surface area contributed by atoms with E-state index in [0.29, 0.717) is 17.3 Å². The third kappa shape index (κ3) is 3.17. The molecular formula is C18H20FN2O+. The zero-order chi connectivity index (χ0) is 15.5. The smallest absolute Gasteiger partial charge is 0.258 e. The number of halogens is 1. The number of quaternary nitrogens is 1. The summed E-state index contributed by atoms with van der Waals surface area (Å²) in [6.45, 7) is 0. The van der Waals surface area contributed by atoms with Gasteiger partial charge in [-0.3, -0.25) is 4.79 Å². The van der Waals surface area contributed by atoms with Gasteiger partial charge >= 0.3 is 0 Å². The third-order valence-electron chi connectivity index (χ3n) is 4.27. The van der Waals surface area contributed by atoms with E-state index in [1.54, 1.807) is 6.07 Å². The number of carbonyl (C=O) groups is 1. The Morgan fingerprint density at radius 3 is 2.45 bits per heavy atom. The fourth-order valence-corrected chi connectivity index (χ4v) is 3.04. The Labute approximate surface area is 129 Å². The summed E-state index contributed by atoms with van der Waals surface area (Å²) >= 11 is 0. The van der Waals surface area contributed by atoms with Crippen molar-refractivity contribution in [1.82, 2.24) is 0 Å². The van der Waals surface area contributed by atoms with Crippen molar-refractivity contribution in [2.24, 2.45) is 0 Å². The monoisotopic (exact) mass is 299 g/mol. The molecule has 4 N–H and O–H groups in total. The molecule has 1 saturated carbocycles. The van der Waals surface area contributed by atoms with Gasteiger partial charge in [-0.05, 0) is 42.5 Å². The van der Waals surface area contributed by atoms with Gasteiger partial charge in [-0.15, -0.1) is 0 Å². The van der Waals surface area contributed by atoms with Crippen LogP contribution in [0.1, 0.15) is 47.5 Å². The second-order valence-corrected chi connectivity index (χ2v) is 5.87. The number of hydrogen-bond acceptors (Lipinski definition) is 1. The highest BCUT2D eigenvalue weighted by molar-refractivity contribution is 6.04. The van der Waals surface area contributed by atoms with Gasteiger partial charge < -0.3 is 11.1 Å². The number of rotatable bonds is 3. The molecule has 0 atom stereocenters. The molecule has 0 radical (unpaired) electrons. The maximum atomic E-state index is 13.7. The van der Waals surface area contributed by atoms with Crippen molar-refractivity contribution in [3.05, 3.63) is 59.4 Å². The van der Waals surface area contributed by atoms with E-state index in [2.05, 4.69) is 23.2 Å². The van der Waals surface area contributed by atoms with E-state index in [1.165, 1.54) is 43.4 Å². The van der Waals surface area contributed by atoms with Gasteiger partial charge in [-0.2, -0.15) is 0 Å². The number of nitrogens with one attached hydrogen (secondary N) is 1. The molecule has 1 aliphatic rings. The Bertz CT molecular complexity index is 676. The van der Waals surface area contributed by atoms with Gasteiger partial charge in [0.15, 0.2) is 0 Å². The fourth-order valence-electron chi connectivity index (χ4n) is 3.04. The SMILES string of the molecule is [NH3+]c1ccc(F)c(C(=O)Nc2ccc(C3CCCC3)cc2)c1. The minimum absolute atomic E-state index is 0.0207. The van der Waals surface area contributed by atoms with Crippen LogP contribution in [0, 0.1) is 5.82 Å². The highest BCUT2D eigenvalue weighted by Crippen LogP contribution is 2.34. The summed E-state index contributed by atoms with van der Waals surface area (Å²) in [6, 6.07) is 12.1. The zero-order valence-electron chi connectivity index (χ0n) is 12.4. The van der Waals surface area contributed by atoms with Gasteiger partial charge in [0, 0.05) is 17.8 Å². The lowest BCUT2D eigenvalue weighted by molar-refractivity contribution is -0.254. The highest BCUT2D eigenvalue weighted by atomic mass is 19.1. The Kier molecular flexibility index (Phi) is 4.20. The van der Waals surface area contributed by atoms with E-state index in [0.717, 1.165) is 0 Å². The predicted molar refractivity (Wildman–Crippen MR) is 84.6 cm³/mol. The first-order valence-corrected chi connectivity index (χ1v) is 7.66. The van der Waals surface area contributed by atoms with Crippen LogP contribution in [0.4, 0.5) is 15.8 Å². The molecule has 0 heterocycles. The minimum atomic E-state index is -0.535. The number of hydrogen-bond donors (Lipinski definition) is 2. The summed E-state index contributed by atoms with van der Waals surface area (Å²) in [6.07, 6.45) is 5.08. The lowest BCUT2D eigenvalue weighted by Gasteiger charge is -2.11.